The van der Waals surface area contributed by atoms with Crippen molar-refractivity contribution < 1.29 is 28.6 Å². The lowest BCUT2D eigenvalue weighted by Gasteiger charge is -2.34. The molecular formula is C47H55Cl2N11O6. The number of benzene rings is 2. The first kappa shape index (κ1) is 44.2. The van der Waals surface area contributed by atoms with E-state index in [0.29, 0.717) is 103 Å². The number of nitrogens with one attached hydrogen (secondary N) is 1. The summed E-state index contributed by atoms with van der Waals surface area (Å²) in [6, 6.07) is 13.4. The predicted octanol–water partition coefficient (Wildman–Crippen LogP) is 7.09. The Kier molecular flexibility index (Phi) is 12.2. The summed E-state index contributed by atoms with van der Waals surface area (Å²) < 4.78 is 20.4. The van der Waals surface area contributed by atoms with Gasteiger partial charge in [0.15, 0.2) is 17.2 Å². The van der Waals surface area contributed by atoms with Crippen LogP contribution in [-0.4, -0.2) is 123 Å². The fraction of sp³-hybridized carbons (Fsp3) is 0.511. The van der Waals surface area contributed by atoms with E-state index in [1.54, 1.807) is 21.9 Å². The maximum absolute atomic E-state index is 13.6. The molecule has 0 bridgehead atoms. The van der Waals surface area contributed by atoms with Gasteiger partial charge in [-0.05, 0) is 105 Å². The topological polar surface area (TPSA) is 164 Å². The van der Waals surface area contributed by atoms with Gasteiger partial charge in [0.05, 0.1) is 43.3 Å². The maximum atomic E-state index is 13.6. The van der Waals surface area contributed by atoms with Crippen molar-refractivity contribution in [2.75, 3.05) is 67.7 Å². The van der Waals surface area contributed by atoms with Crippen LogP contribution < -0.4 is 24.6 Å². The number of carbonyl (C=O) groups is 3. The molecule has 17 nitrogen and oxygen atoms in total. The van der Waals surface area contributed by atoms with Gasteiger partial charge in [-0.25, -0.2) is 9.98 Å². The predicted molar refractivity (Wildman–Crippen MR) is 252 cm³/mol. The molecule has 66 heavy (non-hydrogen) atoms. The number of ether oxygens (including phenoxy) is 3. The van der Waals surface area contributed by atoms with Crippen LogP contribution in [0.3, 0.4) is 0 Å². The number of nitrogens with zero attached hydrogens (tertiary/aromatic N) is 10. The molecule has 19 heteroatoms. The molecule has 0 unspecified atom stereocenters. The van der Waals surface area contributed by atoms with E-state index in [1.165, 1.54) is 19.8 Å². The third-order valence-corrected chi connectivity index (χ3v) is 13.9. The number of aromatic nitrogens is 4. The number of imidazole rings is 2. The number of guanidine groups is 2. The number of anilines is 3. The van der Waals surface area contributed by atoms with Gasteiger partial charge in [0.1, 0.15) is 17.3 Å². The second kappa shape index (κ2) is 18.2. The number of esters is 1. The van der Waals surface area contributed by atoms with Crippen LogP contribution in [0.25, 0.3) is 0 Å². The number of amides is 2. The largest absolute Gasteiger partial charge is 0.492 e. The molecule has 7 heterocycles. The van der Waals surface area contributed by atoms with E-state index in [1.807, 2.05) is 53.3 Å². The maximum Gasteiger partial charge on any atom is 0.308 e. The number of carbonyl (C=O) groups excluding carboxylic acids is 3. The van der Waals surface area contributed by atoms with Crippen LogP contribution in [0.1, 0.15) is 104 Å². The Morgan fingerprint density at radius 3 is 2.29 bits per heavy atom. The van der Waals surface area contributed by atoms with Crippen molar-refractivity contribution in [3.63, 3.8) is 0 Å². The first-order valence-electron chi connectivity index (χ1n) is 23.3. The van der Waals surface area contributed by atoms with Gasteiger partial charge in [0.2, 0.25) is 23.2 Å². The van der Waals surface area contributed by atoms with E-state index in [0.717, 1.165) is 76.0 Å². The zero-order valence-electron chi connectivity index (χ0n) is 37.6. The average Bonchev–Trinajstić information content (AvgIpc) is 3.70. The number of rotatable bonds is 12. The molecule has 0 radical (unpaired) electrons. The van der Waals surface area contributed by atoms with Gasteiger partial charge in [-0.3, -0.25) is 48.1 Å². The Bertz CT molecular complexity index is 2590. The summed E-state index contributed by atoms with van der Waals surface area (Å²) in [5, 5.41) is 4.46. The first-order valence-corrected chi connectivity index (χ1v) is 24.0. The lowest BCUT2D eigenvalue weighted by Crippen LogP contribution is -2.51. The summed E-state index contributed by atoms with van der Waals surface area (Å²) >= 11 is 13.1. The summed E-state index contributed by atoms with van der Waals surface area (Å²) in [5.74, 6) is 4.78. The molecule has 1 N–H and O–H groups in total. The van der Waals surface area contributed by atoms with Crippen molar-refractivity contribution in [3.8, 4) is 11.5 Å². The molecule has 348 valence electrons. The van der Waals surface area contributed by atoms with Crippen molar-refractivity contribution in [3.05, 3.63) is 75.3 Å². The van der Waals surface area contributed by atoms with E-state index < -0.39 is 0 Å². The molecule has 11 rings (SSSR count). The van der Waals surface area contributed by atoms with Crippen LogP contribution in [0.15, 0.2) is 52.4 Å². The van der Waals surface area contributed by atoms with Crippen molar-refractivity contribution in [2.24, 2.45) is 15.9 Å². The summed E-state index contributed by atoms with van der Waals surface area (Å²) in [6.07, 6.45) is 8.66. The van der Waals surface area contributed by atoms with Crippen molar-refractivity contribution in [2.45, 2.75) is 96.8 Å². The fourth-order valence-corrected chi connectivity index (χ4v) is 10.3. The first-order chi connectivity index (χ1) is 32.0. The zero-order valence-corrected chi connectivity index (χ0v) is 39.1. The molecule has 2 aliphatic carbocycles. The summed E-state index contributed by atoms with van der Waals surface area (Å²) in [4.78, 5) is 64.6. The lowest BCUT2D eigenvalue weighted by atomic mass is 9.99. The number of hydrogen-bond donors (Lipinski definition) is 1. The van der Waals surface area contributed by atoms with E-state index in [2.05, 4.69) is 25.1 Å². The molecule has 0 atom stereocenters. The van der Waals surface area contributed by atoms with Gasteiger partial charge in [-0.2, -0.15) is 4.98 Å². The highest BCUT2D eigenvalue weighted by Gasteiger charge is 2.50. The van der Waals surface area contributed by atoms with Gasteiger partial charge >= 0.3 is 5.97 Å². The molecule has 2 saturated carbocycles. The summed E-state index contributed by atoms with van der Waals surface area (Å²) in [7, 11) is 0. The molecule has 1 saturated heterocycles. The third-order valence-electron chi connectivity index (χ3n) is 13.3. The van der Waals surface area contributed by atoms with Crippen molar-refractivity contribution >= 4 is 70.5 Å². The molecule has 2 amide bonds. The highest BCUT2D eigenvalue weighted by molar-refractivity contribution is 6.32. The van der Waals surface area contributed by atoms with Crippen LogP contribution in [-0.2, 0) is 22.6 Å². The van der Waals surface area contributed by atoms with Crippen LogP contribution in [0.4, 0.5) is 17.6 Å². The highest BCUT2D eigenvalue weighted by atomic mass is 35.5. The second-order valence-corrected chi connectivity index (χ2v) is 18.7. The van der Waals surface area contributed by atoms with Crippen LogP contribution >= 0.6 is 23.2 Å². The smallest absolute Gasteiger partial charge is 0.308 e. The van der Waals surface area contributed by atoms with E-state index in [9.17, 15) is 14.4 Å². The molecule has 3 fully saturated rings. The van der Waals surface area contributed by atoms with Crippen molar-refractivity contribution in [1.29, 1.82) is 0 Å². The van der Waals surface area contributed by atoms with E-state index in [4.69, 9.17) is 47.4 Å². The molecule has 4 aromatic rings. The Morgan fingerprint density at radius 1 is 0.879 bits per heavy atom. The molecule has 2 aromatic carbocycles. The van der Waals surface area contributed by atoms with E-state index in [-0.39, 0.29) is 34.6 Å². The average molecular weight is 941 g/mol. The molecular weight excluding hydrogens is 885 g/mol. The Morgan fingerprint density at radius 2 is 1.59 bits per heavy atom. The molecule has 1 spiro atoms. The number of fused-ring (bicyclic) bond motifs is 6. The Balaban J connectivity index is 0.000000156. The third kappa shape index (κ3) is 8.49. The quantitative estimate of drug-likeness (QED) is 0.114. The Labute approximate surface area is 393 Å². The number of hydrogen-bond acceptors (Lipinski definition) is 13. The van der Waals surface area contributed by atoms with Gasteiger partial charge in [-0.1, -0.05) is 42.6 Å². The van der Waals surface area contributed by atoms with Crippen LogP contribution in [0, 0.1) is 5.92 Å². The van der Waals surface area contributed by atoms with Gasteiger partial charge in [0.25, 0.3) is 11.8 Å². The molecule has 5 aliphatic heterocycles. The van der Waals surface area contributed by atoms with Crippen LogP contribution in [0.5, 0.6) is 11.5 Å². The molecule has 2 aromatic heterocycles. The van der Waals surface area contributed by atoms with E-state index >= 15 is 0 Å². The normalized spacial score (nSPS) is 19.5. The van der Waals surface area contributed by atoms with Gasteiger partial charge < -0.3 is 19.5 Å². The minimum absolute atomic E-state index is 0.0672. The zero-order chi connectivity index (χ0) is 45.7. The highest BCUT2D eigenvalue weighted by Crippen LogP contribution is 2.44. The molecule has 7 aliphatic rings. The number of halogens is 2. The Hall–Kier alpha value is -5.65. The minimum Gasteiger partial charge on any atom is -0.492 e. The van der Waals surface area contributed by atoms with Crippen molar-refractivity contribution in [1.82, 2.24) is 28.9 Å². The van der Waals surface area contributed by atoms with Crippen LogP contribution in [0.2, 0.25) is 10.3 Å². The number of aliphatic imine (C=N–C) groups is 2. The SMILES string of the molecule is CCN1C(=O)c2c(nc(NC3CCOCC3)n2Cc2ccc(OCC3CC3)c(Cl)c2)N2CCN=C12.CCN1C(=O)c2nc(Cl)n(Cc3ccc(OC(C)=O)cc3)c2N2CC3(CCCC3)N=C12. The fourth-order valence-electron chi connectivity index (χ4n) is 9.78. The standard InChI is InChI=1S/C25H31ClN6O3.C22H24ClN5O3/c1-2-30-23(33)21-22(31-10-9-27-25(30)31)29-24(28-18-7-11-34-12-8-18)32(21)14-17-5-6-20(19(26)13-17)35-15-16-3-4-16;1-3-26-19(30)17-18(28-13-22(25-21(26)28)10-4-5-11-22)27(20(23)24-17)12-15-6-8-16(9-7-15)31-14(2)29/h5-6,13,16,18H,2-4,7-12,14-15H2,1H3,(H,28,29);6-9H,3-5,10-13H2,1-2H3. The monoisotopic (exact) mass is 939 g/mol. The summed E-state index contributed by atoms with van der Waals surface area (Å²) in [6.45, 7) is 11.6. The minimum atomic E-state index is -0.361. The second-order valence-electron chi connectivity index (χ2n) is 18.0. The summed E-state index contributed by atoms with van der Waals surface area (Å²) in [5.41, 5.74) is 2.78. The van der Waals surface area contributed by atoms with Gasteiger partial charge in [0, 0.05) is 45.8 Å². The lowest BCUT2D eigenvalue weighted by molar-refractivity contribution is -0.131. The van der Waals surface area contributed by atoms with Gasteiger partial charge in [-0.15, -0.1) is 0 Å².